The maximum atomic E-state index is 13.1. The van der Waals surface area contributed by atoms with Crippen LogP contribution in [0.2, 0.25) is 0 Å². The van der Waals surface area contributed by atoms with E-state index in [4.69, 9.17) is 4.74 Å². The number of carbonyl (C=O) groups is 4. The number of anilines is 1. The van der Waals surface area contributed by atoms with Gasteiger partial charge in [-0.3, -0.25) is 19.3 Å². The molecule has 3 aliphatic rings. The van der Waals surface area contributed by atoms with Gasteiger partial charge in [-0.05, 0) is 68.1 Å². The zero-order valence-electron chi connectivity index (χ0n) is 18.5. The first kappa shape index (κ1) is 21.5. The lowest BCUT2D eigenvalue weighted by atomic mass is 9.81. The van der Waals surface area contributed by atoms with Crippen LogP contribution in [0.25, 0.3) is 0 Å². The van der Waals surface area contributed by atoms with Crippen LogP contribution in [0.4, 0.5) is 5.69 Å². The van der Waals surface area contributed by atoms with E-state index in [-0.39, 0.29) is 41.4 Å². The summed E-state index contributed by atoms with van der Waals surface area (Å²) < 4.78 is 5.27. The van der Waals surface area contributed by atoms with E-state index in [0.29, 0.717) is 5.69 Å². The first-order chi connectivity index (χ1) is 14.7. The molecule has 1 heterocycles. The molecule has 2 bridgehead atoms. The van der Waals surface area contributed by atoms with Gasteiger partial charge in [-0.25, -0.2) is 4.79 Å². The molecule has 1 aromatic carbocycles. The number of esters is 1. The van der Waals surface area contributed by atoms with Gasteiger partial charge in [-0.15, -0.1) is 0 Å². The minimum Gasteiger partial charge on any atom is -0.454 e. The zero-order chi connectivity index (χ0) is 22.4. The molecule has 0 aromatic heterocycles. The number of aryl methyl sites for hydroxylation is 2. The number of hydrogen-bond acceptors (Lipinski definition) is 5. The maximum Gasteiger partial charge on any atom is 0.330 e. The van der Waals surface area contributed by atoms with Gasteiger partial charge in [0.15, 0.2) is 6.61 Å². The molecule has 1 aliphatic heterocycles. The molecule has 4 rings (SSSR count). The number of amides is 3. The predicted molar refractivity (Wildman–Crippen MR) is 114 cm³/mol. The number of benzene rings is 1. The molecule has 2 saturated carbocycles. The molecule has 31 heavy (non-hydrogen) atoms. The van der Waals surface area contributed by atoms with E-state index in [9.17, 15) is 19.2 Å². The first-order valence-corrected chi connectivity index (χ1v) is 11.1. The zero-order valence-corrected chi connectivity index (χ0v) is 18.5. The standard InChI is InChI=1S/C24H30N2O5/c1-12(2)21(26-22(28)19-15-7-8-16(10-15)20(19)23(26)29)24(30)31-11-18(27)25-17-9-13(3)5-6-14(17)4/h5-6,9,12,15-16,19-21H,7-8,10-11H2,1-4H3,(H,25,27)/t15-,16+,19-,20-,21-/m0/s1. The molecule has 7 heteroatoms. The van der Waals surface area contributed by atoms with Crippen molar-refractivity contribution in [1.29, 1.82) is 0 Å². The van der Waals surface area contributed by atoms with E-state index in [1.165, 1.54) is 0 Å². The highest BCUT2D eigenvalue weighted by molar-refractivity contribution is 6.08. The van der Waals surface area contributed by atoms with Gasteiger partial charge in [0.2, 0.25) is 11.8 Å². The number of hydrogen-bond donors (Lipinski definition) is 1. The first-order valence-electron chi connectivity index (χ1n) is 11.1. The molecule has 3 fully saturated rings. The van der Waals surface area contributed by atoms with Crippen LogP contribution in [0, 0.1) is 43.4 Å². The number of rotatable bonds is 6. The molecule has 7 nitrogen and oxygen atoms in total. The van der Waals surface area contributed by atoms with E-state index < -0.39 is 24.5 Å². The van der Waals surface area contributed by atoms with Crippen molar-refractivity contribution >= 4 is 29.4 Å². The summed E-state index contributed by atoms with van der Waals surface area (Å²) in [7, 11) is 0. The molecule has 1 N–H and O–H groups in total. The fourth-order valence-corrected chi connectivity index (χ4v) is 5.66. The summed E-state index contributed by atoms with van der Waals surface area (Å²) >= 11 is 0. The van der Waals surface area contributed by atoms with Gasteiger partial charge in [0.25, 0.3) is 5.91 Å². The summed E-state index contributed by atoms with van der Waals surface area (Å²) in [5.41, 5.74) is 2.57. The largest absolute Gasteiger partial charge is 0.454 e. The smallest absolute Gasteiger partial charge is 0.330 e. The predicted octanol–water partition coefficient (Wildman–Crippen LogP) is 2.84. The third-order valence-electron chi connectivity index (χ3n) is 7.13. The van der Waals surface area contributed by atoms with Gasteiger partial charge in [0.05, 0.1) is 11.8 Å². The number of nitrogens with zero attached hydrogens (tertiary/aromatic N) is 1. The van der Waals surface area contributed by atoms with Crippen molar-refractivity contribution in [3.8, 4) is 0 Å². The highest BCUT2D eigenvalue weighted by Gasteiger charge is 2.62. The summed E-state index contributed by atoms with van der Waals surface area (Å²) in [6.45, 7) is 6.90. The maximum absolute atomic E-state index is 13.1. The van der Waals surface area contributed by atoms with Crippen LogP contribution in [0.5, 0.6) is 0 Å². The topological polar surface area (TPSA) is 92.8 Å². The molecule has 166 valence electrons. The van der Waals surface area contributed by atoms with E-state index in [1.807, 2.05) is 32.0 Å². The number of ether oxygens (including phenoxy) is 1. The van der Waals surface area contributed by atoms with E-state index in [1.54, 1.807) is 13.8 Å². The monoisotopic (exact) mass is 426 g/mol. The van der Waals surface area contributed by atoms with Gasteiger partial charge in [0.1, 0.15) is 6.04 Å². The van der Waals surface area contributed by atoms with E-state index in [0.717, 1.165) is 35.3 Å². The molecule has 2 aliphatic carbocycles. The van der Waals surface area contributed by atoms with Gasteiger partial charge < -0.3 is 10.1 Å². The van der Waals surface area contributed by atoms with Crippen molar-refractivity contribution in [3.63, 3.8) is 0 Å². The Hall–Kier alpha value is -2.70. The lowest BCUT2D eigenvalue weighted by molar-refractivity contribution is -0.162. The van der Waals surface area contributed by atoms with Crippen molar-refractivity contribution in [1.82, 2.24) is 4.90 Å². The molecular weight excluding hydrogens is 396 g/mol. The minimum absolute atomic E-state index is 0.238. The second kappa shape index (κ2) is 8.09. The third kappa shape index (κ3) is 3.75. The quantitative estimate of drug-likeness (QED) is 0.558. The van der Waals surface area contributed by atoms with Gasteiger partial charge >= 0.3 is 5.97 Å². The van der Waals surface area contributed by atoms with Crippen LogP contribution < -0.4 is 5.32 Å². The molecule has 0 radical (unpaired) electrons. The molecule has 1 saturated heterocycles. The lowest BCUT2D eigenvalue weighted by Gasteiger charge is -2.28. The van der Waals surface area contributed by atoms with Gasteiger partial charge in [-0.1, -0.05) is 26.0 Å². The number of carbonyl (C=O) groups excluding carboxylic acids is 4. The average Bonchev–Trinajstić information content (AvgIpc) is 3.39. The summed E-state index contributed by atoms with van der Waals surface area (Å²) in [6, 6.07) is 4.70. The number of imide groups is 1. The van der Waals surface area contributed by atoms with Crippen molar-refractivity contribution < 1.29 is 23.9 Å². The van der Waals surface area contributed by atoms with Crippen molar-refractivity contribution in [2.24, 2.45) is 29.6 Å². The van der Waals surface area contributed by atoms with E-state index in [2.05, 4.69) is 5.32 Å². The SMILES string of the molecule is Cc1ccc(C)c(NC(=O)COC(=O)[C@H](C(C)C)N2C(=O)[C@H]3[C@@H]4CC[C@@H](C4)[C@@H]3C2=O)c1. The van der Waals surface area contributed by atoms with Crippen LogP contribution in [0.1, 0.15) is 44.2 Å². The second-order valence-electron chi connectivity index (χ2n) is 9.59. The number of fused-ring (bicyclic) bond motifs is 5. The minimum atomic E-state index is -1.00. The second-order valence-corrected chi connectivity index (χ2v) is 9.59. The van der Waals surface area contributed by atoms with Crippen molar-refractivity contribution in [2.75, 3.05) is 11.9 Å². The van der Waals surface area contributed by atoms with Crippen LogP contribution in [0.15, 0.2) is 18.2 Å². The number of likely N-dealkylation sites (tertiary alicyclic amines) is 1. The molecule has 5 atom stereocenters. The molecule has 0 unspecified atom stereocenters. The van der Waals surface area contributed by atoms with Crippen LogP contribution >= 0.6 is 0 Å². The molecule has 0 spiro atoms. The number of nitrogens with one attached hydrogen (secondary N) is 1. The van der Waals surface area contributed by atoms with Crippen molar-refractivity contribution in [3.05, 3.63) is 29.3 Å². The Morgan fingerprint density at radius 2 is 1.71 bits per heavy atom. The highest BCUT2D eigenvalue weighted by atomic mass is 16.5. The summed E-state index contributed by atoms with van der Waals surface area (Å²) in [5.74, 6) is -2.01. The van der Waals surface area contributed by atoms with Gasteiger partial charge in [0, 0.05) is 5.69 Å². The lowest BCUT2D eigenvalue weighted by Crippen LogP contribution is -2.50. The summed E-state index contributed by atoms with van der Waals surface area (Å²) in [6.07, 6.45) is 2.90. The molecule has 3 amide bonds. The van der Waals surface area contributed by atoms with Crippen LogP contribution in [-0.2, 0) is 23.9 Å². The normalized spacial score (nSPS) is 27.6. The van der Waals surface area contributed by atoms with Crippen LogP contribution in [-0.4, -0.2) is 41.2 Å². The van der Waals surface area contributed by atoms with E-state index >= 15 is 0 Å². The van der Waals surface area contributed by atoms with Gasteiger partial charge in [-0.2, -0.15) is 0 Å². The Morgan fingerprint density at radius 1 is 1.10 bits per heavy atom. The fraction of sp³-hybridized carbons (Fsp3) is 0.583. The Labute approximate surface area is 182 Å². The molecule has 1 aromatic rings. The Balaban J connectivity index is 1.42. The summed E-state index contributed by atoms with van der Waals surface area (Å²) in [4.78, 5) is 52.6. The Kier molecular flexibility index (Phi) is 5.62. The molecular formula is C24H30N2O5. The Bertz CT molecular complexity index is 912. The average molecular weight is 427 g/mol. The summed E-state index contributed by atoms with van der Waals surface area (Å²) in [5, 5.41) is 2.75. The third-order valence-corrected chi connectivity index (χ3v) is 7.13. The van der Waals surface area contributed by atoms with Crippen molar-refractivity contribution in [2.45, 2.75) is 53.0 Å². The highest BCUT2D eigenvalue weighted by Crippen LogP contribution is 2.56. The fourth-order valence-electron chi connectivity index (χ4n) is 5.66. The Morgan fingerprint density at radius 3 is 2.29 bits per heavy atom. The van der Waals surface area contributed by atoms with Crippen LogP contribution in [0.3, 0.4) is 0 Å².